The molecule has 1 N–H and O–H groups in total. The lowest BCUT2D eigenvalue weighted by Crippen LogP contribution is -2.53. The highest BCUT2D eigenvalue weighted by atomic mass is 16.5. The van der Waals surface area contributed by atoms with Crippen molar-refractivity contribution in [1.82, 2.24) is 19.7 Å². The Bertz CT molecular complexity index is 1270. The maximum Gasteiger partial charge on any atom is 0.328 e. The van der Waals surface area contributed by atoms with E-state index in [9.17, 15) is 9.59 Å². The van der Waals surface area contributed by atoms with Crippen molar-refractivity contribution in [3.63, 3.8) is 0 Å². The van der Waals surface area contributed by atoms with E-state index in [4.69, 9.17) is 4.74 Å². The fourth-order valence-electron chi connectivity index (χ4n) is 5.92. The number of rotatable bonds is 9. The molecule has 190 valence electrons. The van der Waals surface area contributed by atoms with Crippen LogP contribution in [-0.4, -0.2) is 69.9 Å². The first kappa shape index (κ1) is 24.4. The summed E-state index contributed by atoms with van der Waals surface area (Å²) in [6, 6.07) is 15.5. The number of fused-ring (bicyclic) bond motifs is 4. The number of H-pyrrole nitrogens is 1. The van der Waals surface area contributed by atoms with Gasteiger partial charge in [0, 0.05) is 29.6 Å². The molecule has 5 rings (SSSR count). The van der Waals surface area contributed by atoms with Gasteiger partial charge in [-0.3, -0.25) is 14.6 Å². The Balaban J connectivity index is 1.57. The molecule has 0 aliphatic carbocycles. The third kappa shape index (κ3) is 3.86. The molecule has 0 radical (unpaired) electrons. The molecule has 1 aromatic heterocycles. The molecule has 1 fully saturated rings. The van der Waals surface area contributed by atoms with Crippen LogP contribution in [0.15, 0.2) is 48.5 Å². The largest absolute Gasteiger partial charge is 0.494 e. The Morgan fingerprint density at radius 1 is 1.08 bits per heavy atom. The van der Waals surface area contributed by atoms with E-state index < -0.39 is 5.54 Å². The minimum atomic E-state index is -0.948. The summed E-state index contributed by atoms with van der Waals surface area (Å²) in [5.41, 5.74) is 3.10. The lowest BCUT2D eigenvalue weighted by atomic mass is 9.81. The molecule has 0 bridgehead atoms. The fourth-order valence-corrected chi connectivity index (χ4v) is 5.92. The molecule has 0 spiro atoms. The average Bonchev–Trinajstić information content (AvgIpc) is 3.33. The van der Waals surface area contributed by atoms with Crippen molar-refractivity contribution in [2.24, 2.45) is 0 Å². The predicted octanol–water partition coefficient (Wildman–Crippen LogP) is 4.97. The standard InChI is InChI=1S/C29H36N4O3/c1-5-31(6-2)16-11-17-32-27(34)29(4)19-23-22-18-21(36-7-3)14-15-24(22)30-25(23)26(33(29)28(32)35)20-12-9-8-10-13-20/h8-10,12-15,18,26,30H,5-7,11,16-17,19H2,1-4H3/t26-,29+/m1/s1. The van der Waals surface area contributed by atoms with Crippen LogP contribution >= 0.6 is 0 Å². The number of carbonyl (C=O) groups excluding carboxylic acids is 2. The Kier molecular flexibility index (Phi) is 6.51. The summed E-state index contributed by atoms with van der Waals surface area (Å²) >= 11 is 0. The molecule has 0 unspecified atom stereocenters. The van der Waals surface area contributed by atoms with Crippen molar-refractivity contribution in [3.8, 4) is 5.75 Å². The fraction of sp³-hybridized carbons (Fsp3) is 0.448. The van der Waals surface area contributed by atoms with Crippen molar-refractivity contribution in [1.29, 1.82) is 0 Å². The molecular weight excluding hydrogens is 452 g/mol. The Hall–Kier alpha value is -3.32. The number of carbonyl (C=O) groups is 2. The van der Waals surface area contributed by atoms with Gasteiger partial charge in [0.25, 0.3) is 5.91 Å². The first-order valence-corrected chi connectivity index (χ1v) is 13.1. The normalized spacial score (nSPS) is 21.4. The van der Waals surface area contributed by atoms with Crippen LogP contribution in [0.25, 0.3) is 10.9 Å². The lowest BCUT2D eigenvalue weighted by molar-refractivity contribution is -0.133. The summed E-state index contributed by atoms with van der Waals surface area (Å²) in [4.78, 5) is 37.0. The molecule has 7 heteroatoms. The van der Waals surface area contributed by atoms with Crippen molar-refractivity contribution in [2.75, 3.05) is 32.8 Å². The molecule has 1 saturated heterocycles. The first-order chi connectivity index (χ1) is 17.4. The highest BCUT2D eigenvalue weighted by Crippen LogP contribution is 2.49. The Morgan fingerprint density at radius 2 is 1.83 bits per heavy atom. The molecule has 0 saturated carbocycles. The van der Waals surface area contributed by atoms with Gasteiger partial charge in [0.05, 0.1) is 6.61 Å². The van der Waals surface area contributed by atoms with Crippen molar-refractivity contribution in [3.05, 3.63) is 65.4 Å². The second-order valence-corrected chi connectivity index (χ2v) is 9.91. The zero-order chi connectivity index (χ0) is 25.4. The maximum absolute atomic E-state index is 13.9. The van der Waals surface area contributed by atoms with E-state index >= 15 is 0 Å². The molecule has 2 aromatic carbocycles. The third-order valence-corrected chi connectivity index (χ3v) is 7.81. The smallest absolute Gasteiger partial charge is 0.328 e. The van der Waals surface area contributed by atoms with Crippen molar-refractivity contribution in [2.45, 2.75) is 52.1 Å². The first-order valence-electron chi connectivity index (χ1n) is 13.1. The minimum Gasteiger partial charge on any atom is -0.494 e. The molecule has 7 nitrogen and oxygen atoms in total. The van der Waals surface area contributed by atoms with Gasteiger partial charge in [-0.2, -0.15) is 0 Å². The summed E-state index contributed by atoms with van der Waals surface area (Å²) < 4.78 is 5.78. The van der Waals surface area contributed by atoms with Crippen molar-refractivity contribution < 1.29 is 14.3 Å². The van der Waals surface area contributed by atoms with Crippen LogP contribution in [0.5, 0.6) is 5.75 Å². The second-order valence-electron chi connectivity index (χ2n) is 9.91. The van der Waals surface area contributed by atoms with E-state index in [2.05, 4.69) is 29.8 Å². The molecule has 2 aliphatic heterocycles. The minimum absolute atomic E-state index is 0.103. The summed E-state index contributed by atoms with van der Waals surface area (Å²) in [6.45, 7) is 12.0. The van der Waals surface area contributed by atoms with Crippen LogP contribution in [0.1, 0.15) is 57.0 Å². The van der Waals surface area contributed by atoms with Gasteiger partial charge in [0.2, 0.25) is 0 Å². The highest BCUT2D eigenvalue weighted by Gasteiger charge is 2.59. The number of nitrogens with zero attached hydrogens (tertiary/aromatic N) is 3. The molecule has 3 aromatic rings. The number of ether oxygens (including phenoxy) is 1. The molecular formula is C29H36N4O3. The summed E-state index contributed by atoms with van der Waals surface area (Å²) in [6.07, 6.45) is 1.24. The van der Waals surface area contributed by atoms with E-state index in [1.807, 2.05) is 61.2 Å². The van der Waals surface area contributed by atoms with Gasteiger partial charge < -0.3 is 14.6 Å². The summed E-state index contributed by atoms with van der Waals surface area (Å²) in [7, 11) is 0. The van der Waals surface area contributed by atoms with Crippen LogP contribution in [0.4, 0.5) is 4.79 Å². The highest BCUT2D eigenvalue weighted by molar-refractivity contribution is 6.08. The SMILES string of the molecule is CCOc1ccc2[nH]c3c(c2c1)C[C@@]1(C)C(=O)N(CCCN(CC)CC)C(=O)N1[C@@H]3c1ccccc1. The van der Waals surface area contributed by atoms with E-state index in [1.165, 1.54) is 4.90 Å². The number of amides is 3. The van der Waals surface area contributed by atoms with E-state index in [0.717, 1.165) is 59.5 Å². The van der Waals surface area contributed by atoms with Gasteiger partial charge in [-0.05, 0) is 69.2 Å². The quantitative estimate of drug-likeness (QED) is 0.432. The van der Waals surface area contributed by atoms with Crippen LogP contribution < -0.4 is 4.74 Å². The van der Waals surface area contributed by atoms with Gasteiger partial charge in [-0.25, -0.2) is 4.79 Å². The van der Waals surface area contributed by atoms with Gasteiger partial charge >= 0.3 is 6.03 Å². The number of hydrogen-bond acceptors (Lipinski definition) is 4. The van der Waals surface area contributed by atoms with Gasteiger partial charge in [0.1, 0.15) is 17.3 Å². The topological polar surface area (TPSA) is 68.9 Å². The molecule has 2 aliphatic rings. The average molecular weight is 489 g/mol. The Morgan fingerprint density at radius 3 is 2.53 bits per heavy atom. The third-order valence-electron chi connectivity index (χ3n) is 7.81. The molecule has 2 atom stereocenters. The van der Waals surface area contributed by atoms with Crippen LogP contribution in [-0.2, 0) is 11.2 Å². The number of nitrogens with one attached hydrogen (secondary N) is 1. The van der Waals surface area contributed by atoms with E-state index in [-0.39, 0.29) is 18.0 Å². The van der Waals surface area contributed by atoms with Gasteiger partial charge in [-0.15, -0.1) is 0 Å². The maximum atomic E-state index is 13.9. The van der Waals surface area contributed by atoms with E-state index in [1.54, 1.807) is 0 Å². The summed E-state index contributed by atoms with van der Waals surface area (Å²) in [5, 5.41) is 1.05. The van der Waals surface area contributed by atoms with Gasteiger partial charge in [-0.1, -0.05) is 44.2 Å². The number of imide groups is 1. The number of hydrogen-bond donors (Lipinski definition) is 1. The zero-order valence-electron chi connectivity index (χ0n) is 21.7. The van der Waals surface area contributed by atoms with E-state index in [0.29, 0.717) is 19.6 Å². The van der Waals surface area contributed by atoms with Crippen LogP contribution in [0, 0.1) is 0 Å². The van der Waals surface area contributed by atoms with Crippen LogP contribution in [0.3, 0.4) is 0 Å². The molecule has 36 heavy (non-hydrogen) atoms. The number of aromatic nitrogens is 1. The predicted molar refractivity (Wildman–Crippen MR) is 141 cm³/mol. The zero-order valence-corrected chi connectivity index (χ0v) is 21.7. The van der Waals surface area contributed by atoms with Crippen LogP contribution in [0.2, 0.25) is 0 Å². The number of urea groups is 1. The Labute approximate surface area is 213 Å². The summed E-state index contributed by atoms with van der Waals surface area (Å²) in [5.74, 6) is 0.705. The second kappa shape index (κ2) is 9.62. The monoisotopic (exact) mass is 488 g/mol. The molecule has 3 heterocycles. The number of aromatic amines is 1. The van der Waals surface area contributed by atoms with Crippen molar-refractivity contribution >= 4 is 22.8 Å². The van der Waals surface area contributed by atoms with Gasteiger partial charge in [0.15, 0.2) is 0 Å². The lowest BCUT2D eigenvalue weighted by Gasteiger charge is -2.42. The molecule has 3 amide bonds. The number of benzene rings is 2.